The summed E-state index contributed by atoms with van der Waals surface area (Å²) < 4.78 is 26.9. The van der Waals surface area contributed by atoms with Crippen molar-refractivity contribution in [2.24, 2.45) is 0 Å². The number of carbonyl (C=O) groups excluding carboxylic acids is 1. The first-order valence-electron chi connectivity index (χ1n) is 6.28. The molecule has 1 fully saturated rings. The lowest BCUT2D eigenvalue weighted by atomic mass is 9.93. The first kappa shape index (κ1) is 14.4. The average Bonchev–Trinajstić information content (AvgIpc) is 2.37. The van der Waals surface area contributed by atoms with E-state index in [-0.39, 0.29) is 17.5 Å². The van der Waals surface area contributed by atoms with Crippen LogP contribution in [-0.4, -0.2) is 23.8 Å². The van der Waals surface area contributed by atoms with Crippen molar-refractivity contribution in [3.63, 3.8) is 0 Å². The van der Waals surface area contributed by atoms with Gasteiger partial charge in [-0.3, -0.25) is 14.9 Å². The Balaban J connectivity index is 2.35. The van der Waals surface area contributed by atoms with E-state index in [1.165, 1.54) is 4.90 Å². The largest absolute Gasteiger partial charge is 0.366 e. The number of ketones is 1. The fourth-order valence-corrected chi connectivity index (χ4v) is 2.51. The van der Waals surface area contributed by atoms with Crippen LogP contribution in [0.5, 0.6) is 0 Å². The van der Waals surface area contributed by atoms with Crippen LogP contribution in [0.4, 0.5) is 20.2 Å². The van der Waals surface area contributed by atoms with E-state index in [1.54, 1.807) is 7.05 Å². The Labute approximate surface area is 114 Å². The molecule has 0 aliphatic heterocycles. The minimum Gasteiger partial charge on any atom is -0.366 e. The zero-order chi connectivity index (χ0) is 14.9. The molecule has 108 valence electrons. The van der Waals surface area contributed by atoms with Crippen LogP contribution in [0.25, 0.3) is 0 Å². The molecule has 1 aromatic carbocycles. The van der Waals surface area contributed by atoms with Gasteiger partial charge in [0, 0.05) is 38.1 Å². The second-order valence-corrected chi connectivity index (χ2v) is 4.89. The van der Waals surface area contributed by atoms with Crippen molar-refractivity contribution in [3.05, 3.63) is 33.9 Å². The fourth-order valence-electron chi connectivity index (χ4n) is 2.51. The quantitative estimate of drug-likeness (QED) is 0.632. The van der Waals surface area contributed by atoms with E-state index >= 15 is 0 Å². The van der Waals surface area contributed by atoms with E-state index in [2.05, 4.69) is 0 Å². The zero-order valence-electron chi connectivity index (χ0n) is 10.9. The number of nitrogens with zero attached hydrogens (tertiary/aromatic N) is 2. The van der Waals surface area contributed by atoms with Gasteiger partial charge < -0.3 is 4.90 Å². The molecular weight excluding hydrogens is 270 g/mol. The number of carbonyl (C=O) groups is 1. The third kappa shape index (κ3) is 2.76. The molecule has 2 rings (SSSR count). The number of rotatable bonds is 3. The van der Waals surface area contributed by atoms with Crippen LogP contribution in [-0.2, 0) is 4.79 Å². The molecule has 7 heteroatoms. The van der Waals surface area contributed by atoms with Crippen molar-refractivity contribution in [1.29, 1.82) is 0 Å². The Hall–Kier alpha value is -2.05. The molecule has 0 radical (unpaired) electrons. The molecule has 1 aromatic rings. The highest BCUT2D eigenvalue weighted by Gasteiger charge is 2.29. The van der Waals surface area contributed by atoms with Gasteiger partial charge in [-0.05, 0) is 12.8 Å². The van der Waals surface area contributed by atoms with Gasteiger partial charge in [-0.1, -0.05) is 0 Å². The summed E-state index contributed by atoms with van der Waals surface area (Å²) in [6, 6.07) is 1.32. The Kier molecular flexibility index (Phi) is 3.96. The van der Waals surface area contributed by atoms with Crippen molar-refractivity contribution in [2.75, 3.05) is 11.9 Å². The molecule has 5 nitrogen and oxygen atoms in total. The summed E-state index contributed by atoms with van der Waals surface area (Å²) in [6.45, 7) is 0. The minimum atomic E-state index is -1.19. The molecule has 0 spiro atoms. The molecule has 1 saturated carbocycles. The smallest absolute Gasteiger partial charge is 0.328 e. The molecule has 0 aromatic heterocycles. The van der Waals surface area contributed by atoms with Crippen molar-refractivity contribution in [3.8, 4) is 0 Å². The molecule has 0 amide bonds. The highest BCUT2D eigenvalue weighted by molar-refractivity contribution is 5.79. The standard InChI is InChI=1S/C13H14F2N2O3/c1-16(9-2-4-10(18)5-3-9)12-7-8(14)6-11(15)13(12)17(19)20/h6-7,9H,2-5H2,1H3. The predicted octanol–water partition coefficient (Wildman–Crippen LogP) is 2.82. The molecule has 0 bridgehead atoms. The Morgan fingerprint density at radius 2 is 1.90 bits per heavy atom. The number of anilines is 1. The van der Waals surface area contributed by atoms with Gasteiger partial charge in [-0.2, -0.15) is 4.39 Å². The van der Waals surface area contributed by atoms with Gasteiger partial charge >= 0.3 is 5.69 Å². The average molecular weight is 284 g/mol. The molecule has 0 heterocycles. The van der Waals surface area contributed by atoms with Crippen LogP contribution in [0.1, 0.15) is 25.7 Å². The van der Waals surface area contributed by atoms with Gasteiger partial charge in [0.1, 0.15) is 17.3 Å². The lowest BCUT2D eigenvalue weighted by Gasteiger charge is -2.32. The first-order chi connectivity index (χ1) is 9.40. The topological polar surface area (TPSA) is 63.4 Å². The van der Waals surface area contributed by atoms with Crippen LogP contribution in [0.2, 0.25) is 0 Å². The Morgan fingerprint density at radius 1 is 1.30 bits per heavy atom. The highest BCUT2D eigenvalue weighted by Crippen LogP contribution is 2.34. The van der Waals surface area contributed by atoms with Crippen LogP contribution in [0.15, 0.2) is 12.1 Å². The molecule has 0 unspecified atom stereocenters. The van der Waals surface area contributed by atoms with Crippen LogP contribution < -0.4 is 4.90 Å². The van der Waals surface area contributed by atoms with E-state index < -0.39 is 22.2 Å². The molecule has 1 aliphatic carbocycles. The van der Waals surface area contributed by atoms with Gasteiger partial charge in [0.05, 0.1) is 4.92 Å². The maximum atomic E-state index is 13.6. The van der Waals surface area contributed by atoms with Gasteiger partial charge in [0.15, 0.2) is 0 Å². The number of nitro benzene ring substituents is 1. The molecule has 20 heavy (non-hydrogen) atoms. The molecule has 0 atom stereocenters. The van der Waals surface area contributed by atoms with Crippen molar-refractivity contribution in [2.45, 2.75) is 31.7 Å². The number of Topliss-reactive ketones (excluding diaryl/α,β-unsaturated/α-hetero) is 1. The van der Waals surface area contributed by atoms with Gasteiger partial charge in [0.2, 0.25) is 5.82 Å². The van der Waals surface area contributed by atoms with E-state index in [9.17, 15) is 23.7 Å². The lowest BCUT2D eigenvalue weighted by Crippen LogP contribution is -2.35. The first-order valence-corrected chi connectivity index (χ1v) is 6.28. The normalized spacial score (nSPS) is 16.2. The van der Waals surface area contributed by atoms with E-state index in [0.29, 0.717) is 31.7 Å². The molecule has 1 aliphatic rings. The summed E-state index contributed by atoms with van der Waals surface area (Å²) in [5.74, 6) is -1.90. The van der Waals surface area contributed by atoms with Crippen LogP contribution >= 0.6 is 0 Å². The maximum absolute atomic E-state index is 13.6. The summed E-state index contributed by atoms with van der Waals surface area (Å²) in [5.41, 5.74) is -0.822. The molecule has 0 saturated heterocycles. The van der Waals surface area contributed by atoms with Crippen LogP contribution in [0.3, 0.4) is 0 Å². The predicted molar refractivity (Wildman–Crippen MR) is 68.7 cm³/mol. The number of hydrogen-bond acceptors (Lipinski definition) is 4. The fraction of sp³-hybridized carbons (Fsp3) is 0.462. The number of nitro groups is 1. The highest BCUT2D eigenvalue weighted by atomic mass is 19.1. The Morgan fingerprint density at radius 3 is 2.45 bits per heavy atom. The summed E-state index contributed by atoms with van der Waals surface area (Å²) in [7, 11) is 1.56. The summed E-state index contributed by atoms with van der Waals surface area (Å²) in [6.07, 6.45) is 1.84. The van der Waals surface area contributed by atoms with E-state index in [0.717, 1.165) is 6.07 Å². The SMILES string of the molecule is CN(c1cc(F)cc(F)c1[N+](=O)[O-])C1CCC(=O)CC1. The van der Waals surface area contributed by atoms with Crippen LogP contribution in [0, 0.1) is 21.7 Å². The van der Waals surface area contributed by atoms with Crippen molar-refractivity contribution < 1.29 is 18.5 Å². The molecule has 0 N–H and O–H groups in total. The van der Waals surface area contributed by atoms with Crippen molar-refractivity contribution >= 4 is 17.2 Å². The lowest BCUT2D eigenvalue weighted by molar-refractivity contribution is -0.386. The third-order valence-electron chi connectivity index (χ3n) is 3.63. The number of halogens is 2. The van der Waals surface area contributed by atoms with E-state index in [4.69, 9.17) is 0 Å². The van der Waals surface area contributed by atoms with Crippen molar-refractivity contribution in [1.82, 2.24) is 0 Å². The summed E-state index contributed by atoms with van der Waals surface area (Å²) in [5, 5.41) is 11.0. The summed E-state index contributed by atoms with van der Waals surface area (Å²) in [4.78, 5) is 22.8. The third-order valence-corrected chi connectivity index (χ3v) is 3.63. The second-order valence-electron chi connectivity index (χ2n) is 4.89. The number of benzene rings is 1. The molecular formula is C13H14F2N2O3. The van der Waals surface area contributed by atoms with Gasteiger partial charge in [0.25, 0.3) is 0 Å². The summed E-state index contributed by atoms with van der Waals surface area (Å²) >= 11 is 0. The second kappa shape index (κ2) is 5.52. The maximum Gasteiger partial charge on any atom is 0.328 e. The van der Waals surface area contributed by atoms with Gasteiger partial charge in [-0.25, -0.2) is 4.39 Å². The monoisotopic (exact) mass is 284 g/mol. The number of hydrogen-bond donors (Lipinski definition) is 0. The van der Waals surface area contributed by atoms with E-state index in [1.807, 2.05) is 0 Å². The van der Waals surface area contributed by atoms with Gasteiger partial charge in [-0.15, -0.1) is 0 Å². The Bertz CT molecular complexity index is 553. The zero-order valence-corrected chi connectivity index (χ0v) is 10.9. The minimum absolute atomic E-state index is 0.0909.